The summed E-state index contributed by atoms with van der Waals surface area (Å²) >= 11 is 0. The van der Waals surface area contributed by atoms with E-state index in [0.717, 1.165) is 60.6 Å². The van der Waals surface area contributed by atoms with Crippen LogP contribution in [0, 0.1) is 0 Å². The smallest absolute Gasteiger partial charge is 0.165 e. The average Bonchev–Trinajstić information content (AvgIpc) is 3.65. The maximum absolute atomic E-state index is 6.45. The zero-order valence-electron chi connectivity index (χ0n) is 21.2. The minimum Gasteiger partial charge on any atom is -0.456 e. The number of rotatable bonds is 1. The van der Waals surface area contributed by atoms with Crippen LogP contribution in [0.3, 0.4) is 0 Å². The Balaban J connectivity index is 1.42. The van der Waals surface area contributed by atoms with Crippen molar-refractivity contribution >= 4 is 82.1 Å². The lowest BCUT2D eigenvalue weighted by molar-refractivity contribution is 0.669. The zero-order valence-corrected chi connectivity index (χ0v) is 21.2. The second-order valence-electron chi connectivity index (χ2n) is 10.6. The Morgan fingerprint density at radius 2 is 1.27 bits per heavy atom. The normalized spacial score (nSPS) is 12.5. The third kappa shape index (κ3) is 2.51. The van der Waals surface area contributed by atoms with Gasteiger partial charge in [-0.1, -0.05) is 72.8 Å². The van der Waals surface area contributed by atoms with Crippen LogP contribution in [0.2, 0.25) is 0 Å². The molecule has 6 aromatic carbocycles. The van der Waals surface area contributed by atoms with Crippen LogP contribution in [0.1, 0.15) is 0 Å². The highest BCUT2D eigenvalue weighted by molar-refractivity contribution is 6.34. The standard InChI is InChI=1S/C36H19N3O/c1-2-8-21-17-22(14-13-20(21)7-1)23-15-16-29-25(18-23)33-32-24-9-3-6-12-30(24)40-31(32)19-26-34-36(39(29)35(26)33)38-28-11-5-4-10-27(28)37-34/h1-19H. The summed E-state index contributed by atoms with van der Waals surface area (Å²) in [4.78, 5) is 10.2. The molecule has 0 amide bonds. The van der Waals surface area contributed by atoms with E-state index in [1.54, 1.807) is 0 Å². The Morgan fingerprint density at radius 3 is 2.20 bits per heavy atom. The number of hydrogen-bond donors (Lipinski definition) is 0. The van der Waals surface area contributed by atoms with Gasteiger partial charge in [-0.05, 0) is 64.4 Å². The zero-order chi connectivity index (χ0) is 25.9. The van der Waals surface area contributed by atoms with Crippen LogP contribution in [-0.2, 0) is 0 Å². The van der Waals surface area contributed by atoms with Gasteiger partial charge in [-0.15, -0.1) is 0 Å². The van der Waals surface area contributed by atoms with E-state index in [4.69, 9.17) is 14.4 Å². The van der Waals surface area contributed by atoms with Gasteiger partial charge in [0.15, 0.2) is 5.65 Å². The predicted octanol–water partition coefficient (Wildman–Crippen LogP) is 9.50. The summed E-state index contributed by atoms with van der Waals surface area (Å²) in [6.07, 6.45) is 0. The van der Waals surface area contributed by atoms with Crippen molar-refractivity contribution in [1.29, 1.82) is 0 Å². The fourth-order valence-electron chi connectivity index (χ4n) is 6.70. The summed E-state index contributed by atoms with van der Waals surface area (Å²) in [6.45, 7) is 0. The third-order valence-electron chi connectivity index (χ3n) is 8.47. The molecule has 4 nitrogen and oxygen atoms in total. The molecule has 0 aliphatic carbocycles. The second-order valence-corrected chi connectivity index (χ2v) is 10.6. The first-order valence-electron chi connectivity index (χ1n) is 13.5. The molecule has 0 bridgehead atoms. The number of para-hydroxylation sites is 3. The third-order valence-corrected chi connectivity index (χ3v) is 8.47. The fourth-order valence-corrected chi connectivity index (χ4v) is 6.70. The van der Waals surface area contributed by atoms with E-state index in [-0.39, 0.29) is 0 Å². The molecule has 0 aliphatic heterocycles. The first kappa shape index (κ1) is 20.5. The van der Waals surface area contributed by atoms with Gasteiger partial charge in [0.1, 0.15) is 16.7 Å². The van der Waals surface area contributed by atoms with Crippen molar-refractivity contribution < 1.29 is 4.42 Å². The van der Waals surface area contributed by atoms with E-state index >= 15 is 0 Å². The first-order valence-corrected chi connectivity index (χ1v) is 13.5. The van der Waals surface area contributed by atoms with E-state index in [9.17, 15) is 0 Å². The molecule has 0 unspecified atom stereocenters. The molecule has 0 N–H and O–H groups in total. The molecule has 4 heteroatoms. The van der Waals surface area contributed by atoms with Crippen LogP contribution in [0.5, 0.6) is 0 Å². The molecule has 10 rings (SSSR count). The molecule has 0 fully saturated rings. The van der Waals surface area contributed by atoms with Gasteiger partial charge in [-0.2, -0.15) is 0 Å². The molecular weight excluding hydrogens is 490 g/mol. The Morgan fingerprint density at radius 1 is 0.525 bits per heavy atom. The lowest BCUT2D eigenvalue weighted by Crippen LogP contribution is -1.89. The number of nitrogens with zero attached hydrogens (tertiary/aromatic N) is 3. The maximum Gasteiger partial charge on any atom is 0.165 e. The van der Waals surface area contributed by atoms with Crippen molar-refractivity contribution in [2.24, 2.45) is 0 Å². The SMILES string of the molecule is c1ccc2cc(-c3ccc4c(c3)c3c5c(cc6c7nc8ccccc8nc7n4c63)oc3ccccc35)ccc2c1. The fraction of sp³-hybridized carbons (Fsp3) is 0. The summed E-state index contributed by atoms with van der Waals surface area (Å²) in [5.74, 6) is 0. The molecule has 0 atom stereocenters. The van der Waals surface area contributed by atoms with Crippen LogP contribution in [0.25, 0.3) is 93.2 Å². The van der Waals surface area contributed by atoms with E-state index in [1.807, 2.05) is 36.4 Å². The van der Waals surface area contributed by atoms with Crippen LogP contribution in [-0.4, -0.2) is 14.4 Å². The molecule has 0 spiro atoms. The molecule has 184 valence electrons. The maximum atomic E-state index is 6.45. The minimum absolute atomic E-state index is 0.877. The van der Waals surface area contributed by atoms with Gasteiger partial charge >= 0.3 is 0 Å². The summed E-state index contributed by atoms with van der Waals surface area (Å²) in [5.41, 5.74) is 10.0. The second kappa shape index (κ2) is 7.13. The molecule has 0 saturated heterocycles. The summed E-state index contributed by atoms with van der Waals surface area (Å²) < 4.78 is 8.76. The number of benzene rings is 6. The lowest BCUT2D eigenvalue weighted by Gasteiger charge is -2.06. The van der Waals surface area contributed by atoms with Crippen molar-refractivity contribution in [3.05, 3.63) is 115 Å². The molecule has 4 heterocycles. The average molecular weight is 510 g/mol. The Kier molecular flexibility index (Phi) is 3.65. The minimum atomic E-state index is 0.877. The number of hydrogen-bond acceptors (Lipinski definition) is 3. The highest BCUT2D eigenvalue weighted by Gasteiger charge is 2.24. The van der Waals surface area contributed by atoms with Gasteiger partial charge in [-0.3, -0.25) is 4.40 Å². The van der Waals surface area contributed by atoms with Gasteiger partial charge in [-0.25, -0.2) is 9.97 Å². The largest absolute Gasteiger partial charge is 0.456 e. The van der Waals surface area contributed by atoms with Crippen molar-refractivity contribution in [3.63, 3.8) is 0 Å². The molecule has 40 heavy (non-hydrogen) atoms. The van der Waals surface area contributed by atoms with Crippen molar-refractivity contribution in [2.45, 2.75) is 0 Å². The number of aromatic nitrogens is 3. The highest BCUT2D eigenvalue weighted by atomic mass is 16.3. The summed E-state index contributed by atoms with van der Waals surface area (Å²) in [7, 11) is 0. The van der Waals surface area contributed by atoms with Gasteiger partial charge in [0.05, 0.1) is 22.1 Å². The van der Waals surface area contributed by atoms with Gasteiger partial charge in [0.2, 0.25) is 0 Å². The molecule has 0 radical (unpaired) electrons. The predicted molar refractivity (Wildman–Crippen MR) is 164 cm³/mol. The Bertz CT molecular complexity index is 2660. The molecular formula is C36H19N3O. The monoisotopic (exact) mass is 509 g/mol. The Labute approximate surface area is 227 Å². The molecule has 10 aromatic rings. The van der Waals surface area contributed by atoms with Crippen LogP contribution < -0.4 is 0 Å². The van der Waals surface area contributed by atoms with Crippen LogP contribution >= 0.6 is 0 Å². The summed E-state index contributed by atoms with van der Waals surface area (Å²) in [5, 5.41) is 8.21. The molecule has 0 aliphatic rings. The van der Waals surface area contributed by atoms with E-state index in [0.29, 0.717) is 0 Å². The quantitative estimate of drug-likeness (QED) is 0.221. The van der Waals surface area contributed by atoms with E-state index in [2.05, 4.69) is 83.3 Å². The summed E-state index contributed by atoms with van der Waals surface area (Å²) in [6, 6.07) is 40.6. The first-order chi connectivity index (χ1) is 19.8. The van der Waals surface area contributed by atoms with Crippen molar-refractivity contribution in [2.75, 3.05) is 0 Å². The molecule has 4 aromatic heterocycles. The van der Waals surface area contributed by atoms with Crippen LogP contribution in [0.4, 0.5) is 0 Å². The van der Waals surface area contributed by atoms with Gasteiger partial charge in [0, 0.05) is 26.9 Å². The lowest BCUT2D eigenvalue weighted by atomic mass is 9.98. The van der Waals surface area contributed by atoms with Crippen LogP contribution in [0.15, 0.2) is 120 Å². The van der Waals surface area contributed by atoms with Gasteiger partial charge in [0.25, 0.3) is 0 Å². The topological polar surface area (TPSA) is 43.3 Å². The van der Waals surface area contributed by atoms with E-state index < -0.39 is 0 Å². The van der Waals surface area contributed by atoms with Crippen molar-refractivity contribution in [3.8, 4) is 11.1 Å². The highest BCUT2D eigenvalue weighted by Crippen LogP contribution is 2.46. The van der Waals surface area contributed by atoms with E-state index in [1.165, 1.54) is 32.7 Å². The molecule has 0 saturated carbocycles. The van der Waals surface area contributed by atoms with Crippen molar-refractivity contribution in [1.82, 2.24) is 14.4 Å². The van der Waals surface area contributed by atoms with Gasteiger partial charge < -0.3 is 4.42 Å². The number of furan rings is 1. The Hall–Kier alpha value is -5.48. The number of fused-ring (bicyclic) bond motifs is 12.